The van der Waals surface area contributed by atoms with Gasteiger partial charge in [-0.15, -0.1) is 11.6 Å². The van der Waals surface area contributed by atoms with Crippen molar-refractivity contribution in [3.8, 4) is 0 Å². The van der Waals surface area contributed by atoms with E-state index in [0.717, 1.165) is 50.4 Å². The topological polar surface area (TPSA) is 27.1 Å². The van der Waals surface area contributed by atoms with Crippen LogP contribution in [0.5, 0.6) is 0 Å². The molecule has 0 bridgehead atoms. The summed E-state index contributed by atoms with van der Waals surface area (Å²) in [6.45, 7) is 4.95. The van der Waals surface area contributed by atoms with Gasteiger partial charge in [0.2, 0.25) is 0 Å². The van der Waals surface area contributed by atoms with Crippen LogP contribution in [0.2, 0.25) is 0 Å². The Hall–Kier alpha value is -1.06. The molecule has 1 aliphatic heterocycles. The Morgan fingerprint density at radius 3 is 2.90 bits per heavy atom. The molecular formula is C16H21ClN2O. The molecular weight excluding hydrogens is 272 g/mol. The molecule has 0 amide bonds. The first kappa shape index (κ1) is 13.9. The smallest absolute Gasteiger partial charge is 0.111 e. The van der Waals surface area contributed by atoms with E-state index in [1.54, 1.807) is 0 Å². The van der Waals surface area contributed by atoms with Gasteiger partial charge in [-0.25, -0.2) is 4.98 Å². The van der Waals surface area contributed by atoms with Crippen molar-refractivity contribution in [3.05, 3.63) is 29.6 Å². The van der Waals surface area contributed by atoms with Gasteiger partial charge in [0.05, 0.1) is 11.0 Å². The molecule has 3 nitrogen and oxygen atoms in total. The van der Waals surface area contributed by atoms with E-state index in [9.17, 15) is 0 Å². The molecule has 2 aromatic rings. The highest BCUT2D eigenvalue weighted by molar-refractivity contribution is 6.17. The third kappa shape index (κ3) is 2.84. The number of alkyl halides is 1. The number of nitrogens with zero attached hydrogens (tertiary/aromatic N) is 2. The summed E-state index contributed by atoms with van der Waals surface area (Å²) >= 11 is 5.94. The number of ether oxygens (including phenoxy) is 1. The second-order valence-corrected chi connectivity index (χ2v) is 6.00. The summed E-state index contributed by atoms with van der Waals surface area (Å²) < 4.78 is 7.83. The summed E-state index contributed by atoms with van der Waals surface area (Å²) in [5.74, 6) is 2.43. The Morgan fingerprint density at radius 2 is 2.15 bits per heavy atom. The van der Waals surface area contributed by atoms with Crippen LogP contribution in [-0.4, -0.2) is 28.6 Å². The van der Waals surface area contributed by atoms with E-state index in [2.05, 4.69) is 29.7 Å². The summed E-state index contributed by atoms with van der Waals surface area (Å²) in [6, 6.07) is 6.47. The van der Waals surface area contributed by atoms with Crippen molar-refractivity contribution in [3.63, 3.8) is 0 Å². The third-order valence-corrected chi connectivity index (χ3v) is 4.27. The second-order valence-electron chi connectivity index (χ2n) is 5.63. The van der Waals surface area contributed by atoms with Gasteiger partial charge >= 0.3 is 0 Å². The maximum Gasteiger partial charge on any atom is 0.111 e. The molecule has 20 heavy (non-hydrogen) atoms. The summed E-state index contributed by atoms with van der Waals surface area (Å²) in [4.78, 5) is 4.76. The molecule has 1 aromatic carbocycles. The van der Waals surface area contributed by atoms with Crippen LogP contribution in [0.4, 0.5) is 0 Å². The Bertz CT molecular complexity index is 587. The summed E-state index contributed by atoms with van der Waals surface area (Å²) in [5.41, 5.74) is 3.61. The first-order chi connectivity index (χ1) is 9.78. The number of hydrogen-bond donors (Lipinski definition) is 0. The lowest BCUT2D eigenvalue weighted by atomic mass is 10.00. The zero-order valence-electron chi connectivity index (χ0n) is 11.9. The van der Waals surface area contributed by atoms with E-state index in [1.807, 2.05) is 0 Å². The number of rotatable bonds is 4. The van der Waals surface area contributed by atoms with Gasteiger partial charge in [-0.1, -0.05) is 6.07 Å². The van der Waals surface area contributed by atoms with Crippen molar-refractivity contribution in [2.45, 2.75) is 32.7 Å². The molecule has 0 atom stereocenters. The molecule has 1 aliphatic rings. The van der Waals surface area contributed by atoms with Gasteiger partial charge in [0.15, 0.2) is 0 Å². The highest BCUT2D eigenvalue weighted by Gasteiger charge is 2.18. The van der Waals surface area contributed by atoms with Gasteiger partial charge < -0.3 is 9.30 Å². The number of benzene rings is 1. The summed E-state index contributed by atoms with van der Waals surface area (Å²) in [6.07, 6.45) is 3.12. The molecule has 1 aromatic heterocycles. The van der Waals surface area contributed by atoms with Crippen molar-refractivity contribution >= 4 is 22.6 Å². The number of imidazole rings is 1. The van der Waals surface area contributed by atoms with Crippen molar-refractivity contribution < 1.29 is 4.74 Å². The molecule has 0 saturated carbocycles. The first-order valence-corrected chi connectivity index (χ1v) is 7.91. The van der Waals surface area contributed by atoms with Crippen molar-refractivity contribution in [1.29, 1.82) is 0 Å². The highest BCUT2D eigenvalue weighted by atomic mass is 35.5. The van der Waals surface area contributed by atoms with Gasteiger partial charge in [0.1, 0.15) is 5.82 Å². The fourth-order valence-corrected chi connectivity index (χ4v) is 3.12. The maximum absolute atomic E-state index is 5.94. The third-order valence-electron chi connectivity index (χ3n) is 4.08. The number of fused-ring (bicyclic) bond motifs is 1. The van der Waals surface area contributed by atoms with E-state index in [0.29, 0.717) is 11.8 Å². The molecule has 1 saturated heterocycles. The number of halogens is 1. The lowest BCUT2D eigenvalue weighted by Gasteiger charge is -2.23. The minimum absolute atomic E-state index is 0.621. The molecule has 1 fully saturated rings. The van der Waals surface area contributed by atoms with Crippen LogP contribution in [0.3, 0.4) is 0 Å². The Kier molecular flexibility index (Phi) is 4.27. The van der Waals surface area contributed by atoms with Gasteiger partial charge in [-0.3, -0.25) is 0 Å². The quantitative estimate of drug-likeness (QED) is 0.806. The van der Waals surface area contributed by atoms with E-state index in [4.69, 9.17) is 21.3 Å². The molecule has 0 spiro atoms. The summed E-state index contributed by atoms with van der Waals surface area (Å²) in [7, 11) is 0. The minimum atomic E-state index is 0.621. The monoisotopic (exact) mass is 292 g/mol. The zero-order valence-corrected chi connectivity index (χ0v) is 12.7. The predicted molar refractivity (Wildman–Crippen MR) is 82.4 cm³/mol. The Labute approximate surface area is 124 Å². The molecule has 0 N–H and O–H groups in total. The van der Waals surface area contributed by atoms with Gasteiger partial charge in [0, 0.05) is 32.1 Å². The highest BCUT2D eigenvalue weighted by Crippen LogP contribution is 2.23. The van der Waals surface area contributed by atoms with Crippen molar-refractivity contribution in [1.82, 2.24) is 9.55 Å². The number of aromatic nitrogens is 2. The van der Waals surface area contributed by atoms with Crippen LogP contribution in [0.25, 0.3) is 11.0 Å². The molecule has 0 radical (unpaired) electrons. The van der Waals surface area contributed by atoms with Gasteiger partial charge in [-0.2, -0.15) is 0 Å². The van der Waals surface area contributed by atoms with Crippen molar-refractivity contribution in [2.24, 2.45) is 5.92 Å². The van der Waals surface area contributed by atoms with Crippen molar-refractivity contribution in [2.75, 3.05) is 19.1 Å². The van der Waals surface area contributed by atoms with Gasteiger partial charge in [-0.05, 0) is 43.4 Å². The van der Waals surface area contributed by atoms with Crippen LogP contribution in [0, 0.1) is 12.8 Å². The standard InChI is InChI=1S/C16H21ClN2O/c1-12-2-3-14-15(10-12)19(16(18-14)4-7-17)11-13-5-8-20-9-6-13/h2-3,10,13H,4-9,11H2,1H3. The van der Waals surface area contributed by atoms with E-state index in [1.165, 1.54) is 11.1 Å². The average Bonchev–Trinajstić information content (AvgIpc) is 2.78. The lowest BCUT2D eigenvalue weighted by Crippen LogP contribution is -2.21. The molecule has 0 unspecified atom stereocenters. The molecule has 108 valence electrons. The van der Waals surface area contributed by atoms with Crippen LogP contribution in [0.1, 0.15) is 24.2 Å². The minimum Gasteiger partial charge on any atom is -0.381 e. The SMILES string of the molecule is Cc1ccc2nc(CCCl)n(CC3CCOCC3)c2c1. The molecule has 3 rings (SSSR count). The fourth-order valence-electron chi connectivity index (χ4n) is 2.95. The molecule has 0 aliphatic carbocycles. The Balaban J connectivity index is 1.96. The summed E-state index contributed by atoms with van der Waals surface area (Å²) in [5, 5.41) is 0. The second kappa shape index (κ2) is 6.15. The predicted octanol–water partition coefficient (Wildman–Crippen LogP) is 3.55. The fraction of sp³-hybridized carbons (Fsp3) is 0.562. The first-order valence-electron chi connectivity index (χ1n) is 7.37. The van der Waals surface area contributed by atoms with Crippen LogP contribution >= 0.6 is 11.6 Å². The van der Waals surface area contributed by atoms with E-state index < -0.39 is 0 Å². The molecule has 2 heterocycles. The van der Waals surface area contributed by atoms with Gasteiger partial charge in [0.25, 0.3) is 0 Å². The average molecular weight is 293 g/mol. The van der Waals surface area contributed by atoms with E-state index in [-0.39, 0.29) is 0 Å². The van der Waals surface area contributed by atoms with Crippen LogP contribution in [0.15, 0.2) is 18.2 Å². The molecule has 4 heteroatoms. The lowest BCUT2D eigenvalue weighted by molar-refractivity contribution is 0.0613. The normalized spacial score (nSPS) is 16.9. The zero-order chi connectivity index (χ0) is 13.9. The van der Waals surface area contributed by atoms with Crippen LogP contribution < -0.4 is 0 Å². The van der Waals surface area contributed by atoms with E-state index >= 15 is 0 Å². The maximum atomic E-state index is 5.94. The van der Waals surface area contributed by atoms with Crippen LogP contribution in [-0.2, 0) is 17.7 Å². The number of aryl methyl sites for hydroxylation is 2. The largest absolute Gasteiger partial charge is 0.381 e. The Morgan fingerprint density at radius 1 is 1.35 bits per heavy atom. The number of hydrogen-bond acceptors (Lipinski definition) is 2.